The summed E-state index contributed by atoms with van der Waals surface area (Å²) in [5, 5.41) is 0. The second-order valence-electron chi connectivity index (χ2n) is 5.45. The van der Waals surface area contributed by atoms with E-state index in [9.17, 15) is 8.42 Å². The summed E-state index contributed by atoms with van der Waals surface area (Å²) >= 11 is 0. The maximum absolute atomic E-state index is 12.4. The Morgan fingerprint density at radius 3 is 2.29 bits per heavy atom. The minimum absolute atomic E-state index is 0.255. The van der Waals surface area contributed by atoms with Crippen LogP contribution in [-0.4, -0.2) is 28.2 Å². The van der Waals surface area contributed by atoms with Gasteiger partial charge in [-0.25, -0.2) is 13.1 Å². The molecule has 0 radical (unpaired) electrons. The van der Waals surface area contributed by atoms with Gasteiger partial charge in [-0.2, -0.15) is 0 Å². The summed E-state index contributed by atoms with van der Waals surface area (Å²) in [5.74, 6) is 5.79. The van der Waals surface area contributed by atoms with Crippen molar-refractivity contribution in [3.05, 3.63) is 23.3 Å². The third-order valence-electron chi connectivity index (χ3n) is 2.89. The summed E-state index contributed by atoms with van der Waals surface area (Å²) in [4.78, 5) is 0.297. The van der Waals surface area contributed by atoms with Crippen molar-refractivity contribution < 1.29 is 13.2 Å². The summed E-state index contributed by atoms with van der Waals surface area (Å²) in [7, 11) is -3.55. The molecular weight excluding hydrogens is 290 g/mol. The first kappa shape index (κ1) is 17.9. The van der Waals surface area contributed by atoms with E-state index in [4.69, 9.17) is 10.6 Å². The Morgan fingerprint density at radius 1 is 1.24 bits per heavy atom. The lowest BCUT2D eigenvalue weighted by atomic mass is 10.1. The minimum atomic E-state index is -3.55. The zero-order valence-electron chi connectivity index (χ0n) is 13.1. The molecule has 0 aliphatic heterocycles. The molecule has 120 valence electrons. The van der Waals surface area contributed by atoms with Crippen LogP contribution in [0.15, 0.2) is 17.0 Å². The lowest BCUT2D eigenvalue weighted by Crippen LogP contribution is -2.29. The fraction of sp³-hybridized carbons (Fsp3) is 0.571. The first-order chi connectivity index (χ1) is 9.77. The Bertz CT molecular complexity index is 548. The van der Waals surface area contributed by atoms with Crippen LogP contribution in [0, 0.1) is 19.8 Å². The average Bonchev–Trinajstić information content (AvgIpc) is 2.36. The Labute approximate surface area is 127 Å². The predicted octanol–water partition coefficient (Wildman–Crippen LogP) is 1.54. The van der Waals surface area contributed by atoms with E-state index in [0.717, 1.165) is 0 Å². The van der Waals surface area contributed by atoms with Crippen LogP contribution in [0.2, 0.25) is 0 Å². The van der Waals surface area contributed by atoms with E-state index in [2.05, 4.69) is 10.1 Å². The molecule has 1 rings (SSSR count). The van der Waals surface area contributed by atoms with Crippen molar-refractivity contribution in [2.45, 2.75) is 32.6 Å². The lowest BCUT2D eigenvalue weighted by Gasteiger charge is -2.14. The number of aryl methyl sites for hydroxylation is 2. The van der Waals surface area contributed by atoms with Crippen LogP contribution in [0.25, 0.3) is 0 Å². The Morgan fingerprint density at radius 2 is 1.81 bits per heavy atom. The van der Waals surface area contributed by atoms with Gasteiger partial charge in [0.05, 0.1) is 11.5 Å². The van der Waals surface area contributed by atoms with Gasteiger partial charge in [0, 0.05) is 18.8 Å². The van der Waals surface area contributed by atoms with Crippen molar-refractivity contribution in [2.75, 3.05) is 25.2 Å². The van der Waals surface area contributed by atoms with E-state index < -0.39 is 10.0 Å². The van der Waals surface area contributed by atoms with Crippen molar-refractivity contribution >= 4 is 15.7 Å². The third kappa shape index (κ3) is 5.28. The van der Waals surface area contributed by atoms with E-state index in [-0.39, 0.29) is 6.54 Å². The Balaban J connectivity index is 2.75. The lowest BCUT2D eigenvalue weighted by molar-refractivity contribution is 0.114. The molecule has 0 aromatic heterocycles. The quantitative estimate of drug-likeness (QED) is 0.384. The van der Waals surface area contributed by atoms with Gasteiger partial charge >= 0.3 is 0 Å². The van der Waals surface area contributed by atoms with Crippen LogP contribution in [0.3, 0.4) is 0 Å². The fourth-order valence-electron chi connectivity index (χ4n) is 2.10. The number of nitrogens with one attached hydrogen (secondary N) is 2. The van der Waals surface area contributed by atoms with Crippen molar-refractivity contribution in [3.8, 4) is 0 Å². The number of anilines is 1. The van der Waals surface area contributed by atoms with Gasteiger partial charge < -0.3 is 10.2 Å². The topological polar surface area (TPSA) is 93.5 Å². The maximum atomic E-state index is 12.4. The number of nitrogen functional groups attached to an aromatic ring is 1. The molecule has 0 fully saturated rings. The molecule has 0 aliphatic rings. The molecular formula is C14H25N3O3S. The molecule has 0 saturated carbocycles. The van der Waals surface area contributed by atoms with Crippen molar-refractivity contribution in [2.24, 2.45) is 11.8 Å². The highest BCUT2D eigenvalue weighted by Crippen LogP contribution is 2.23. The summed E-state index contributed by atoms with van der Waals surface area (Å²) in [6.45, 7) is 8.82. The second-order valence-corrected chi connectivity index (χ2v) is 7.15. The highest BCUT2D eigenvalue weighted by atomic mass is 32.2. The molecule has 0 aliphatic carbocycles. The van der Waals surface area contributed by atoms with Gasteiger partial charge in [0.25, 0.3) is 0 Å². The fourth-order valence-corrected chi connectivity index (χ4v) is 3.56. The zero-order chi connectivity index (χ0) is 16.0. The Hall–Kier alpha value is -1.15. The molecule has 1 aromatic carbocycles. The summed E-state index contributed by atoms with van der Waals surface area (Å²) in [6, 6.07) is 3.41. The van der Waals surface area contributed by atoms with E-state index in [1.807, 2.05) is 13.8 Å². The Kier molecular flexibility index (Phi) is 6.60. The molecule has 0 atom stereocenters. The third-order valence-corrected chi connectivity index (χ3v) is 4.65. The summed E-state index contributed by atoms with van der Waals surface area (Å²) in [6.07, 6.45) is 0. The first-order valence-corrected chi connectivity index (χ1v) is 8.41. The SMILES string of the molecule is Cc1cc(NN)cc(C)c1S(=O)(=O)NCCOCC(C)C. The van der Waals surface area contributed by atoms with Crippen molar-refractivity contribution in [1.29, 1.82) is 0 Å². The number of hydrogen-bond donors (Lipinski definition) is 3. The average molecular weight is 315 g/mol. The molecule has 0 saturated heterocycles. The molecule has 0 unspecified atom stereocenters. The number of hydrazine groups is 1. The molecule has 0 bridgehead atoms. The van der Waals surface area contributed by atoms with Gasteiger partial charge in [0.15, 0.2) is 0 Å². The van der Waals surface area contributed by atoms with Crippen LogP contribution in [-0.2, 0) is 14.8 Å². The molecule has 1 aromatic rings. The summed E-state index contributed by atoms with van der Waals surface area (Å²) < 4.78 is 32.6. The molecule has 21 heavy (non-hydrogen) atoms. The van der Waals surface area contributed by atoms with Crippen LogP contribution in [0.1, 0.15) is 25.0 Å². The maximum Gasteiger partial charge on any atom is 0.241 e. The zero-order valence-corrected chi connectivity index (χ0v) is 13.9. The van der Waals surface area contributed by atoms with E-state index in [1.165, 1.54) is 0 Å². The van der Waals surface area contributed by atoms with Crippen LogP contribution in [0.4, 0.5) is 5.69 Å². The van der Waals surface area contributed by atoms with Crippen LogP contribution >= 0.6 is 0 Å². The molecule has 6 nitrogen and oxygen atoms in total. The number of sulfonamides is 1. The number of benzene rings is 1. The molecule has 0 amide bonds. The van der Waals surface area contributed by atoms with E-state index in [0.29, 0.717) is 40.8 Å². The monoisotopic (exact) mass is 315 g/mol. The summed E-state index contributed by atoms with van der Waals surface area (Å²) in [5.41, 5.74) is 4.51. The van der Waals surface area contributed by atoms with Crippen molar-refractivity contribution in [3.63, 3.8) is 0 Å². The van der Waals surface area contributed by atoms with Gasteiger partial charge in [0.2, 0.25) is 10.0 Å². The largest absolute Gasteiger partial charge is 0.380 e. The highest BCUT2D eigenvalue weighted by Gasteiger charge is 2.19. The predicted molar refractivity (Wildman–Crippen MR) is 84.6 cm³/mol. The second kappa shape index (κ2) is 7.74. The van der Waals surface area contributed by atoms with Gasteiger partial charge in [0.1, 0.15) is 0 Å². The minimum Gasteiger partial charge on any atom is -0.380 e. The standard InChI is InChI=1S/C14H25N3O3S/c1-10(2)9-20-6-5-16-21(18,19)14-11(3)7-13(17-15)8-12(14)4/h7-8,10,16-17H,5-6,9,15H2,1-4H3. The highest BCUT2D eigenvalue weighted by molar-refractivity contribution is 7.89. The van der Waals surface area contributed by atoms with Crippen LogP contribution < -0.4 is 16.0 Å². The van der Waals surface area contributed by atoms with Gasteiger partial charge in [-0.3, -0.25) is 5.84 Å². The van der Waals surface area contributed by atoms with Gasteiger partial charge in [-0.15, -0.1) is 0 Å². The molecule has 0 heterocycles. The number of rotatable bonds is 8. The van der Waals surface area contributed by atoms with Gasteiger partial charge in [-0.05, 0) is 43.0 Å². The smallest absolute Gasteiger partial charge is 0.241 e. The molecule has 7 heteroatoms. The first-order valence-electron chi connectivity index (χ1n) is 6.93. The molecule has 0 spiro atoms. The van der Waals surface area contributed by atoms with Crippen molar-refractivity contribution in [1.82, 2.24) is 4.72 Å². The number of ether oxygens (including phenoxy) is 1. The normalized spacial score (nSPS) is 11.9. The van der Waals surface area contributed by atoms with Gasteiger partial charge in [-0.1, -0.05) is 13.8 Å². The van der Waals surface area contributed by atoms with E-state index >= 15 is 0 Å². The number of hydrogen-bond acceptors (Lipinski definition) is 5. The van der Waals surface area contributed by atoms with E-state index in [1.54, 1.807) is 26.0 Å². The van der Waals surface area contributed by atoms with Crippen LogP contribution in [0.5, 0.6) is 0 Å². The number of nitrogens with two attached hydrogens (primary N) is 1. The molecule has 4 N–H and O–H groups in total.